The van der Waals surface area contributed by atoms with Crippen molar-refractivity contribution >= 4 is 0 Å². The lowest BCUT2D eigenvalue weighted by atomic mass is 10.0. The molecule has 0 aromatic carbocycles. The van der Waals surface area contributed by atoms with Crippen LogP contribution in [-0.4, -0.2) is 24.0 Å². The van der Waals surface area contributed by atoms with E-state index in [4.69, 9.17) is 0 Å². The number of rotatable bonds is 5. The fraction of sp³-hybridized carbons (Fsp3) is 1.00. The maximum Gasteiger partial charge on any atom is 0.0195 e. The molecule has 3 atom stereocenters. The lowest BCUT2D eigenvalue weighted by molar-refractivity contribution is 0.359. The van der Waals surface area contributed by atoms with Gasteiger partial charge in [-0.25, -0.2) is 0 Å². The van der Waals surface area contributed by atoms with Gasteiger partial charge in [-0.05, 0) is 19.3 Å². The molecular weight excluding hydrogens is 134 g/mol. The molecule has 1 heteroatoms. The molecule has 0 bridgehead atoms. The molecule has 1 aliphatic heterocycles. The van der Waals surface area contributed by atoms with E-state index in [9.17, 15) is 0 Å². The Balaban J connectivity index is 2.10. The number of hydrogen-bond acceptors (Lipinski definition) is 1. The molecule has 0 amide bonds. The minimum absolute atomic E-state index is 0.890. The van der Waals surface area contributed by atoms with Gasteiger partial charge in [-0.15, -0.1) is 0 Å². The number of nitrogens with zero attached hydrogens (tertiary/aromatic N) is 1. The van der Waals surface area contributed by atoms with Crippen LogP contribution < -0.4 is 0 Å². The van der Waals surface area contributed by atoms with Crippen LogP contribution >= 0.6 is 0 Å². The molecule has 1 fully saturated rings. The monoisotopic (exact) mass is 155 g/mol. The average Bonchev–Trinajstić information content (AvgIpc) is 2.66. The van der Waals surface area contributed by atoms with Crippen molar-refractivity contribution in [3.8, 4) is 0 Å². The van der Waals surface area contributed by atoms with E-state index in [0.717, 1.165) is 12.0 Å². The zero-order valence-electron chi connectivity index (χ0n) is 8.14. The summed E-state index contributed by atoms with van der Waals surface area (Å²) in [7, 11) is 0. The molecule has 11 heavy (non-hydrogen) atoms. The first-order valence-corrected chi connectivity index (χ1v) is 5.02. The lowest BCUT2D eigenvalue weighted by Gasteiger charge is -2.13. The topological polar surface area (TPSA) is 3.01 Å². The Hall–Kier alpha value is -0.0400. The van der Waals surface area contributed by atoms with Crippen LogP contribution in [0, 0.1) is 5.92 Å². The van der Waals surface area contributed by atoms with Gasteiger partial charge < -0.3 is 0 Å². The molecule has 0 saturated carbocycles. The SMILES string of the molecule is CCCC(CC)CN1CC1C. The van der Waals surface area contributed by atoms with Crippen LogP contribution in [0.5, 0.6) is 0 Å². The maximum atomic E-state index is 2.57. The van der Waals surface area contributed by atoms with Gasteiger partial charge in [-0.2, -0.15) is 0 Å². The van der Waals surface area contributed by atoms with Crippen LogP contribution in [0.3, 0.4) is 0 Å². The Morgan fingerprint density at radius 2 is 2.09 bits per heavy atom. The molecule has 0 aliphatic carbocycles. The molecule has 0 N–H and O–H groups in total. The van der Waals surface area contributed by atoms with Crippen LogP contribution in [-0.2, 0) is 0 Å². The second kappa shape index (κ2) is 4.10. The van der Waals surface area contributed by atoms with Crippen molar-refractivity contribution < 1.29 is 0 Å². The Bertz CT molecular complexity index is 111. The molecule has 1 nitrogen and oxygen atoms in total. The summed E-state index contributed by atoms with van der Waals surface area (Å²) < 4.78 is 0. The smallest absolute Gasteiger partial charge is 0.0195 e. The predicted molar refractivity (Wildman–Crippen MR) is 49.7 cm³/mol. The second-order valence-electron chi connectivity index (χ2n) is 3.87. The zero-order valence-corrected chi connectivity index (χ0v) is 8.14. The highest BCUT2D eigenvalue weighted by atomic mass is 15.3. The van der Waals surface area contributed by atoms with E-state index in [2.05, 4.69) is 25.7 Å². The van der Waals surface area contributed by atoms with Crippen molar-refractivity contribution in [1.29, 1.82) is 0 Å². The minimum Gasteiger partial charge on any atom is -0.298 e. The van der Waals surface area contributed by atoms with E-state index in [1.807, 2.05) is 0 Å². The van der Waals surface area contributed by atoms with E-state index in [1.165, 1.54) is 32.4 Å². The third-order valence-electron chi connectivity index (χ3n) is 2.76. The van der Waals surface area contributed by atoms with Gasteiger partial charge in [0.1, 0.15) is 0 Å². The Morgan fingerprint density at radius 3 is 2.45 bits per heavy atom. The molecule has 0 aromatic heterocycles. The van der Waals surface area contributed by atoms with Crippen LogP contribution in [0.4, 0.5) is 0 Å². The van der Waals surface area contributed by atoms with Crippen molar-refractivity contribution in [1.82, 2.24) is 4.90 Å². The minimum atomic E-state index is 0.890. The largest absolute Gasteiger partial charge is 0.298 e. The maximum absolute atomic E-state index is 2.57. The fourth-order valence-electron chi connectivity index (χ4n) is 1.71. The molecule has 1 heterocycles. The molecule has 1 saturated heterocycles. The summed E-state index contributed by atoms with van der Waals surface area (Å²) in [5.74, 6) is 0.963. The molecule has 66 valence electrons. The second-order valence-corrected chi connectivity index (χ2v) is 3.87. The Labute approximate surface area is 70.8 Å². The summed E-state index contributed by atoms with van der Waals surface area (Å²) >= 11 is 0. The highest BCUT2D eigenvalue weighted by Crippen LogP contribution is 2.21. The standard InChI is InChI=1S/C10H21N/c1-4-6-10(5-2)8-11-7-9(11)3/h9-10H,4-8H2,1-3H3. The van der Waals surface area contributed by atoms with Gasteiger partial charge in [0.2, 0.25) is 0 Å². The first-order valence-electron chi connectivity index (χ1n) is 5.02. The van der Waals surface area contributed by atoms with Gasteiger partial charge >= 0.3 is 0 Å². The fourth-order valence-corrected chi connectivity index (χ4v) is 1.71. The highest BCUT2D eigenvalue weighted by molar-refractivity contribution is 4.85. The van der Waals surface area contributed by atoms with Crippen LogP contribution in [0.2, 0.25) is 0 Å². The van der Waals surface area contributed by atoms with E-state index in [1.54, 1.807) is 0 Å². The molecule has 1 rings (SSSR count). The summed E-state index contributed by atoms with van der Waals surface area (Å²) in [4.78, 5) is 2.57. The Morgan fingerprint density at radius 1 is 1.45 bits per heavy atom. The van der Waals surface area contributed by atoms with Crippen molar-refractivity contribution in [2.75, 3.05) is 13.1 Å². The normalized spacial score (nSPS) is 31.9. The molecular formula is C10H21N. The van der Waals surface area contributed by atoms with Crippen molar-refractivity contribution in [3.63, 3.8) is 0 Å². The average molecular weight is 155 g/mol. The van der Waals surface area contributed by atoms with Crippen molar-refractivity contribution in [3.05, 3.63) is 0 Å². The lowest BCUT2D eigenvalue weighted by Crippen LogP contribution is -2.13. The summed E-state index contributed by atoms with van der Waals surface area (Å²) in [6, 6.07) is 0.890. The van der Waals surface area contributed by atoms with Gasteiger partial charge in [0.25, 0.3) is 0 Å². The van der Waals surface area contributed by atoms with Crippen molar-refractivity contribution in [2.24, 2.45) is 5.92 Å². The molecule has 3 unspecified atom stereocenters. The van der Waals surface area contributed by atoms with Gasteiger partial charge in [0.15, 0.2) is 0 Å². The van der Waals surface area contributed by atoms with Gasteiger partial charge in [-0.1, -0.05) is 26.7 Å². The summed E-state index contributed by atoms with van der Waals surface area (Å²) in [5, 5.41) is 0. The van der Waals surface area contributed by atoms with Crippen LogP contribution in [0.1, 0.15) is 40.0 Å². The van der Waals surface area contributed by atoms with Gasteiger partial charge in [-0.3, -0.25) is 4.90 Å². The zero-order chi connectivity index (χ0) is 8.27. The first-order chi connectivity index (χ1) is 5.27. The molecule has 0 aromatic rings. The summed E-state index contributed by atoms with van der Waals surface area (Å²) in [5.41, 5.74) is 0. The third-order valence-corrected chi connectivity index (χ3v) is 2.76. The van der Waals surface area contributed by atoms with E-state index < -0.39 is 0 Å². The quantitative estimate of drug-likeness (QED) is 0.551. The summed E-state index contributed by atoms with van der Waals surface area (Å²) in [6.45, 7) is 9.62. The van der Waals surface area contributed by atoms with E-state index in [-0.39, 0.29) is 0 Å². The van der Waals surface area contributed by atoms with Crippen LogP contribution in [0.15, 0.2) is 0 Å². The van der Waals surface area contributed by atoms with E-state index in [0.29, 0.717) is 0 Å². The highest BCUT2D eigenvalue weighted by Gasteiger charge is 2.29. The number of hydrogen-bond donors (Lipinski definition) is 0. The predicted octanol–water partition coefficient (Wildman–Crippen LogP) is 2.52. The molecule has 0 spiro atoms. The summed E-state index contributed by atoms with van der Waals surface area (Å²) in [6.07, 6.45) is 4.12. The molecule has 1 aliphatic rings. The Kier molecular flexibility index (Phi) is 3.38. The third kappa shape index (κ3) is 2.82. The van der Waals surface area contributed by atoms with Crippen LogP contribution in [0.25, 0.3) is 0 Å². The molecule has 0 radical (unpaired) electrons. The van der Waals surface area contributed by atoms with Crippen molar-refractivity contribution in [2.45, 2.75) is 46.1 Å². The van der Waals surface area contributed by atoms with Gasteiger partial charge in [0.05, 0.1) is 0 Å². The van der Waals surface area contributed by atoms with Gasteiger partial charge in [0, 0.05) is 19.1 Å². The van der Waals surface area contributed by atoms with E-state index >= 15 is 0 Å². The first kappa shape index (κ1) is 9.05.